The Balaban J connectivity index is 1.69. The molecule has 2 amide bonds. The maximum atomic E-state index is 12.6. The van der Waals surface area contributed by atoms with E-state index in [9.17, 15) is 9.59 Å². The van der Waals surface area contributed by atoms with E-state index in [2.05, 4.69) is 15.7 Å². The van der Waals surface area contributed by atoms with Gasteiger partial charge in [0.15, 0.2) is 5.69 Å². The molecule has 1 heterocycles. The van der Waals surface area contributed by atoms with E-state index in [-0.39, 0.29) is 17.5 Å². The molecule has 2 aromatic carbocycles. The lowest BCUT2D eigenvalue weighted by atomic mass is 10.1. The second-order valence-corrected chi connectivity index (χ2v) is 7.44. The largest absolute Gasteiger partial charge is 0.324 e. The number of rotatable bonds is 5. The van der Waals surface area contributed by atoms with Gasteiger partial charge in [-0.15, -0.1) is 0 Å². The number of carbonyl (C=O) groups is 2. The van der Waals surface area contributed by atoms with Crippen LogP contribution in [0.4, 0.5) is 11.4 Å². The summed E-state index contributed by atoms with van der Waals surface area (Å²) in [5.41, 5.74) is 6.03. The van der Waals surface area contributed by atoms with Gasteiger partial charge in [-0.05, 0) is 63.9 Å². The lowest BCUT2D eigenvalue weighted by Crippen LogP contribution is -2.25. The Morgan fingerprint density at radius 1 is 0.862 bits per heavy atom. The molecule has 0 spiro atoms. The summed E-state index contributed by atoms with van der Waals surface area (Å²) in [5.74, 6) is -0.501. The van der Waals surface area contributed by atoms with Crippen molar-refractivity contribution < 1.29 is 9.59 Å². The van der Waals surface area contributed by atoms with E-state index in [0.717, 1.165) is 33.6 Å². The lowest BCUT2D eigenvalue weighted by Gasteiger charge is -2.14. The van der Waals surface area contributed by atoms with Gasteiger partial charge in [-0.1, -0.05) is 35.4 Å². The molecule has 1 atom stereocenters. The fourth-order valence-electron chi connectivity index (χ4n) is 3.13. The first-order valence-electron chi connectivity index (χ1n) is 9.56. The summed E-state index contributed by atoms with van der Waals surface area (Å²) in [6.07, 6.45) is 1.64. The van der Waals surface area contributed by atoms with Crippen molar-refractivity contribution >= 4 is 23.2 Å². The van der Waals surface area contributed by atoms with Gasteiger partial charge in [-0.3, -0.25) is 14.3 Å². The van der Waals surface area contributed by atoms with Crippen molar-refractivity contribution in [1.29, 1.82) is 0 Å². The number of hydrogen-bond acceptors (Lipinski definition) is 3. The molecule has 1 aromatic heterocycles. The molecule has 6 heteroatoms. The number of anilines is 2. The highest BCUT2D eigenvalue weighted by molar-refractivity contribution is 6.03. The van der Waals surface area contributed by atoms with Crippen LogP contribution in [-0.2, 0) is 4.79 Å². The fraction of sp³-hybridized carbons (Fsp3) is 0.261. The molecule has 0 saturated heterocycles. The lowest BCUT2D eigenvalue weighted by molar-refractivity contribution is -0.119. The van der Waals surface area contributed by atoms with Gasteiger partial charge in [-0.2, -0.15) is 5.10 Å². The second kappa shape index (κ2) is 8.31. The molecule has 3 rings (SSSR count). The van der Waals surface area contributed by atoms with E-state index in [4.69, 9.17) is 0 Å². The van der Waals surface area contributed by atoms with Crippen LogP contribution < -0.4 is 10.6 Å². The number of carbonyl (C=O) groups excluding carboxylic acids is 2. The van der Waals surface area contributed by atoms with Crippen LogP contribution in [0, 0.1) is 27.7 Å². The minimum atomic E-state index is -0.557. The van der Waals surface area contributed by atoms with Gasteiger partial charge in [0, 0.05) is 17.6 Å². The monoisotopic (exact) mass is 390 g/mol. The number of nitrogens with one attached hydrogen (secondary N) is 2. The third-order valence-electron chi connectivity index (χ3n) is 4.89. The molecular weight excluding hydrogens is 364 g/mol. The van der Waals surface area contributed by atoms with Gasteiger partial charge in [-0.25, -0.2) is 0 Å². The Morgan fingerprint density at radius 3 is 1.97 bits per heavy atom. The standard InChI is InChI=1S/C23H26N4O2/c1-14-6-8-19(16(3)12-14)24-22(28)18(5)27-11-10-21(26-27)23(29)25-20-9-7-15(2)13-17(20)4/h6-13,18H,1-5H3,(H,24,28)(H,25,29)/t18-/m0/s1. The van der Waals surface area contributed by atoms with Gasteiger partial charge in [0.2, 0.25) is 5.91 Å². The number of nitrogens with zero attached hydrogens (tertiary/aromatic N) is 2. The summed E-state index contributed by atoms with van der Waals surface area (Å²) in [7, 11) is 0. The Morgan fingerprint density at radius 2 is 1.41 bits per heavy atom. The zero-order valence-corrected chi connectivity index (χ0v) is 17.4. The van der Waals surface area contributed by atoms with Crippen molar-refractivity contribution in [1.82, 2.24) is 9.78 Å². The number of aryl methyl sites for hydroxylation is 4. The molecule has 0 aliphatic rings. The average molecular weight is 390 g/mol. The van der Waals surface area contributed by atoms with Crippen LogP contribution in [0.1, 0.15) is 45.7 Å². The predicted octanol–water partition coefficient (Wildman–Crippen LogP) is 4.57. The van der Waals surface area contributed by atoms with Crippen molar-refractivity contribution in [3.63, 3.8) is 0 Å². The SMILES string of the molecule is Cc1ccc(NC(=O)c2ccn([C@@H](C)C(=O)Nc3ccc(C)cc3C)n2)c(C)c1. The van der Waals surface area contributed by atoms with E-state index in [1.807, 2.05) is 64.1 Å². The Labute approximate surface area is 170 Å². The highest BCUT2D eigenvalue weighted by atomic mass is 16.2. The van der Waals surface area contributed by atoms with E-state index < -0.39 is 6.04 Å². The van der Waals surface area contributed by atoms with E-state index >= 15 is 0 Å². The maximum absolute atomic E-state index is 12.6. The highest BCUT2D eigenvalue weighted by Gasteiger charge is 2.19. The molecule has 0 unspecified atom stereocenters. The molecule has 3 aromatic rings. The Hall–Kier alpha value is -3.41. The summed E-state index contributed by atoms with van der Waals surface area (Å²) in [6, 6.07) is 12.7. The van der Waals surface area contributed by atoms with Gasteiger partial charge in [0.1, 0.15) is 6.04 Å². The normalized spacial score (nSPS) is 11.8. The number of benzene rings is 2. The second-order valence-electron chi connectivity index (χ2n) is 7.44. The van der Waals surface area contributed by atoms with Crippen molar-refractivity contribution in [3.05, 3.63) is 76.6 Å². The Kier molecular flexibility index (Phi) is 5.82. The zero-order chi connectivity index (χ0) is 21.1. The first kappa shape index (κ1) is 20.3. The van der Waals surface area contributed by atoms with Gasteiger partial charge >= 0.3 is 0 Å². The van der Waals surface area contributed by atoms with Crippen molar-refractivity contribution in [2.45, 2.75) is 40.7 Å². The average Bonchev–Trinajstić information content (AvgIpc) is 3.16. The summed E-state index contributed by atoms with van der Waals surface area (Å²) >= 11 is 0. The molecule has 0 bridgehead atoms. The molecule has 150 valence electrons. The molecule has 29 heavy (non-hydrogen) atoms. The molecular formula is C23H26N4O2. The van der Waals surface area contributed by atoms with Crippen LogP contribution in [0.2, 0.25) is 0 Å². The fourth-order valence-corrected chi connectivity index (χ4v) is 3.13. The van der Waals surface area contributed by atoms with E-state index in [1.165, 1.54) is 4.68 Å². The molecule has 2 N–H and O–H groups in total. The minimum absolute atomic E-state index is 0.193. The summed E-state index contributed by atoms with van der Waals surface area (Å²) in [6.45, 7) is 9.66. The third kappa shape index (κ3) is 4.71. The van der Waals surface area contributed by atoms with Crippen molar-refractivity contribution in [2.75, 3.05) is 10.6 Å². The Bertz CT molecular complexity index is 1070. The predicted molar refractivity (Wildman–Crippen MR) is 115 cm³/mol. The van der Waals surface area contributed by atoms with Crippen LogP contribution in [-0.4, -0.2) is 21.6 Å². The number of hydrogen-bond donors (Lipinski definition) is 2. The quantitative estimate of drug-likeness (QED) is 0.670. The molecule has 6 nitrogen and oxygen atoms in total. The zero-order valence-electron chi connectivity index (χ0n) is 17.4. The van der Waals surface area contributed by atoms with Crippen LogP contribution in [0.25, 0.3) is 0 Å². The van der Waals surface area contributed by atoms with Crippen LogP contribution >= 0.6 is 0 Å². The maximum Gasteiger partial charge on any atom is 0.276 e. The van der Waals surface area contributed by atoms with Crippen molar-refractivity contribution in [2.24, 2.45) is 0 Å². The van der Waals surface area contributed by atoms with E-state index in [1.54, 1.807) is 19.2 Å². The first-order valence-corrected chi connectivity index (χ1v) is 9.56. The molecule has 0 radical (unpaired) electrons. The van der Waals surface area contributed by atoms with Crippen molar-refractivity contribution in [3.8, 4) is 0 Å². The van der Waals surface area contributed by atoms with Crippen LogP contribution in [0.5, 0.6) is 0 Å². The third-order valence-corrected chi connectivity index (χ3v) is 4.89. The molecule has 0 aliphatic carbocycles. The van der Waals surface area contributed by atoms with Gasteiger partial charge in [0.05, 0.1) is 0 Å². The minimum Gasteiger partial charge on any atom is -0.324 e. The molecule has 0 saturated carbocycles. The highest BCUT2D eigenvalue weighted by Crippen LogP contribution is 2.19. The first-order chi connectivity index (χ1) is 13.7. The topological polar surface area (TPSA) is 76.0 Å². The number of amides is 2. The van der Waals surface area contributed by atoms with Crippen LogP contribution in [0.3, 0.4) is 0 Å². The van der Waals surface area contributed by atoms with Gasteiger partial charge in [0.25, 0.3) is 5.91 Å². The summed E-state index contributed by atoms with van der Waals surface area (Å²) in [5, 5.41) is 10.1. The van der Waals surface area contributed by atoms with Gasteiger partial charge < -0.3 is 10.6 Å². The summed E-state index contributed by atoms with van der Waals surface area (Å²) < 4.78 is 1.50. The smallest absolute Gasteiger partial charge is 0.276 e. The van der Waals surface area contributed by atoms with Crippen LogP contribution in [0.15, 0.2) is 48.7 Å². The molecule has 0 aliphatic heterocycles. The number of aromatic nitrogens is 2. The summed E-state index contributed by atoms with van der Waals surface area (Å²) in [4.78, 5) is 25.2. The molecule has 0 fully saturated rings. The van der Waals surface area contributed by atoms with E-state index in [0.29, 0.717) is 0 Å².